The lowest BCUT2D eigenvalue weighted by Crippen LogP contribution is -2.58. The minimum absolute atomic E-state index is 0.602. The van der Waals surface area contributed by atoms with E-state index in [9.17, 15) is 0 Å². The topological polar surface area (TPSA) is 12.0 Å². The van der Waals surface area contributed by atoms with Gasteiger partial charge in [-0.2, -0.15) is 0 Å². The lowest BCUT2D eigenvalue weighted by atomic mass is 9.53. The van der Waals surface area contributed by atoms with E-state index in [2.05, 4.69) is 12.2 Å². The summed E-state index contributed by atoms with van der Waals surface area (Å²) in [5, 5.41) is 3.88. The van der Waals surface area contributed by atoms with Crippen molar-refractivity contribution in [1.29, 1.82) is 0 Å². The summed E-state index contributed by atoms with van der Waals surface area (Å²) in [4.78, 5) is 0. The number of hydrogen-bond acceptors (Lipinski definition) is 1. The highest BCUT2D eigenvalue weighted by atomic mass is 15.0. The zero-order chi connectivity index (χ0) is 9.60. The number of hydrogen-bond donors (Lipinski definition) is 1. The van der Waals surface area contributed by atoms with Gasteiger partial charge in [0.25, 0.3) is 0 Å². The molecule has 1 nitrogen and oxygen atoms in total. The highest BCUT2D eigenvalue weighted by molar-refractivity contribution is 5.06. The number of nitrogens with one attached hydrogen (secondary N) is 1. The largest absolute Gasteiger partial charge is 0.311 e. The third kappa shape index (κ3) is 1.41. The SMILES string of the molecule is CCCNC12CC3CC(CC(C3)C1)C2. The smallest absolute Gasteiger partial charge is 0.0189 e. The first-order valence-corrected chi connectivity index (χ1v) is 6.55. The summed E-state index contributed by atoms with van der Waals surface area (Å²) in [5.41, 5.74) is 0.602. The van der Waals surface area contributed by atoms with E-state index in [-0.39, 0.29) is 0 Å². The van der Waals surface area contributed by atoms with Crippen LogP contribution in [0.25, 0.3) is 0 Å². The summed E-state index contributed by atoms with van der Waals surface area (Å²) in [6, 6.07) is 0. The van der Waals surface area contributed by atoms with Crippen molar-refractivity contribution in [1.82, 2.24) is 5.32 Å². The molecule has 1 heteroatoms. The van der Waals surface area contributed by atoms with Crippen molar-refractivity contribution in [3.8, 4) is 0 Å². The highest BCUT2D eigenvalue weighted by Gasteiger charge is 2.50. The molecule has 0 spiro atoms. The summed E-state index contributed by atoms with van der Waals surface area (Å²) in [5.74, 6) is 3.27. The molecule has 0 heterocycles. The summed E-state index contributed by atoms with van der Waals surface area (Å²) in [7, 11) is 0. The van der Waals surface area contributed by atoms with Crippen LogP contribution in [0.2, 0.25) is 0 Å². The van der Waals surface area contributed by atoms with Crippen LogP contribution in [0.5, 0.6) is 0 Å². The maximum atomic E-state index is 3.88. The van der Waals surface area contributed by atoms with Crippen molar-refractivity contribution in [2.24, 2.45) is 17.8 Å². The molecular formula is C13H23N. The van der Waals surface area contributed by atoms with Gasteiger partial charge in [0.05, 0.1) is 0 Å². The second-order valence-electron chi connectivity index (χ2n) is 6.12. The molecule has 0 aromatic heterocycles. The van der Waals surface area contributed by atoms with Gasteiger partial charge in [-0.15, -0.1) is 0 Å². The molecule has 4 aliphatic carbocycles. The molecule has 0 atom stereocenters. The van der Waals surface area contributed by atoms with E-state index >= 15 is 0 Å². The molecule has 4 rings (SSSR count). The number of rotatable bonds is 3. The Bertz CT molecular complexity index is 186. The van der Waals surface area contributed by atoms with E-state index in [1.54, 1.807) is 19.3 Å². The normalized spacial score (nSPS) is 49.9. The molecule has 4 aliphatic rings. The second-order valence-corrected chi connectivity index (χ2v) is 6.12. The van der Waals surface area contributed by atoms with E-state index in [4.69, 9.17) is 0 Å². The first-order chi connectivity index (χ1) is 6.80. The van der Waals surface area contributed by atoms with Crippen LogP contribution in [0.3, 0.4) is 0 Å². The monoisotopic (exact) mass is 193 g/mol. The molecule has 0 aromatic rings. The molecule has 0 saturated heterocycles. The molecule has 4 bridgehead atoms. The molecule has 0 unspecified atom stereocenters. The van der Waals surface area contributed by atoms with Crippen LogP contribution >= 0.6 is 0 Å². The molecular weight excluding hydrogens is 170 g/mol. The zero-order valence-electron chi connectivity index (χ0n) is 9.39. The molecule has 0 aliphatic heterocycles. The van der Waals surface area contributed by atoms with E-state index in [0.717, 1.165) is 17.8 Å². The van der Waals surface area contributed by atoms with Crippen LogP contribution in [-0.2, 0) is 0 Å². The van der Waals surface area contributed by atoms with Crippen molar-refractivity contribution >= 4 is 0 Å². The van der Waals surface area contributed by atoms with Crippen LogP contribution in [0.15, 0.2) is 0 Å². The van der Waals surface area contributed by atoms with Crippen LogP contribution in [-0.4, -0.2) is 12.1 Å². The van der Waals surface area contributed by atoms with Crippen molar-refractivity contribution in [3.05, 3.63) is 0 Å². The van der Waals surface area contributed by atoms with Gasteiger partial charge in [0.15, 0.2) is 0 Å². The van der Waals surface area contributed by atoms with Crippen molar-refractivity contribution < 1.29 is 0 Å². The van der Waals surface area contributed by atoms with Gasteiger partial charge >= 0.3 is 0 Å². The van der Waals surface area contributed by atoms with Crippen molar-refractivity contribution in [3.63, 3.8) is 0 Å². The van der Waals surface area contributed by atoms with E-state index in [1.165, 1.54) is 32.2 Å². The molecule has 14 heavy (non-hydrogen) atoms. The van der Waals surface area contributed by atoms with Gasteiger partial charge in [-0.25, -0.2) is 0 Å². The maximum absolute atomic E-state index is 3.88. The van der Waals surface area contributed by atoms with Crippen LogP contribution in [0, 0.1) is 17.8 Å². The summed E-state index contributed by atoms with van der Waals surface area (Å²) >= 11 is 0. The van der Waals surface area contributed by atoms with Crippen LogP contribution < -0.4 is 5.32 Å². The van der Waals surface area contributed by atoms with Gasteiger partial charge < -0.3 is 5.32 Å². The molecule has 0 aromatic carbocycles. The Morgan fingerprint density at radius 3 is 1.93 bits per heavy atom. The Kier molecular flexibility index (Phi) is 2.12. The molecule has 0 amide bonds. The Balaban J connectivity index is 1.74. The quantitative estimate of drug-likeness (QED) is 0.726. The van der Waals surface area contributed by atoms with Gasteiger partial charge in [-0.3, -0.25) is 0 Å². The van der Waals surface area contributed by atoms with Gasteiger partial charge in [0.2, 0.25) is 0 Å². The fraction of sp³-hybridized carbons (Fsp3) is 1.00. The minimum Gasteiger partial charge on any atom is -0.311 e. The fourth-order valence-corrected chi connectivity index (χ4v) is 4.72. The second kappa shape index (κ2) is 3.23. The minimum atomic E-state index is 0.602. The van der Waals surface area contributed by atoms with Crippen LogP contribution in [0.4, 0.5) is 0 Å². The van der Waals surface area contributed by atoms with Gasteiger partial charge in [0, 0.05) is 5.54 Å². The summed E-state index contributed by atoms with van der Waals surface area (Å²) in [6.07, 6.45) is 10.5. The van der Waals surface area contributed by atoms with Crippen molar-refractivity contribution in [2.75, 3.05) is 6.54 Å². The first-order valence-electron chi connectivity index (χ1n) is 6.55. The average Bonchev–Trinajstić information content (AvgIpc) is 2.12. The highest BCUT2D eigenvalue weighted by Crippen LogP contribution is 2.55. The zero-order valence-corrected chi connectivity index (χ0v) is 9.39. The van der Waals surface area contributed by atoms with Gasteiger partial charge in [0.1, 0.15) is 0 Å². The first kappa shape index (κ1) is 9.21. The third-order valence-electron chi connectivity index (χ3n) is 4.79. The Hall–Kier alpha value is -0.0400. The van der Waals surface area contributed by atoms with E-state index in [0.29, 0.717) is 5.54 Å². The Morgan fingerprint density at radius 1 is 1.00 bits per heavy atom. The predicted molar refractivity (Wildman–Crippen MR) is 59.2 cm³/mol. The van der Waals surface area contributed by atoms with Crippen LogP contribution in [0.1, 0.15) is 51.9 Å². The molecule has 1 N–H and O–H groups in total. The molecule has 0 radical (unpaired) electrons. The third-order valence-corrected chi connectivity index (χ3v) is 4.79. The molecule has 4 saturated carbocycles. The van der Waals surface area contributed by atoms with Gasteiger partial charge in [-0.05, 0) is 69.2 Å². The Labute approximate surface area is 87.7 Å². The lowest BCUT2D eigenvalue weighted by Gasteiger charge is -2.57. The summed E-state index contributed by atoms with van der Waals surface area (Å²) in [6.45, 7) is 3.53. The molecule has 80 valence electrons. The van der Waals surface area contributed by atoms with E-state index in [1.807, 2.05) is 0 Å². The average molecular weight is 193 g/mol. The van der Waals surface area contributed by atoms with Crippen molar-refractivity contribution in [2.45, 2.75) is 57.4 Å². The maximum Gasteiger partial charge on any atom is 0.0189 e. The predicted octanol–water partition coefficient (Wildman–Crippen LogP) is 2.95. The molecule has 4 fully saturated rings. The Morgan fingerprint density at radius 2 is 1.50 bits per heavy atom. The van der Waals surface area contributed by atoms with Gasteiger partial charge in [-0.1, -0.05) is 6.92 Å². The summed E-state index contributed by atoms with van der Waals surface area (Å²) < 4.78 is 0. The fourth-order valence-electron chi connectivity index (χ4n) is 4.72. The van der Waals surface area contributed by atoms with E-state index < -0.39 is 0 Å². The lowest BCUT2D eigenvalue weighted by molar-refractivity contribution is -0.0194. The standard InChI is InChI=1S/C13H23N/c1-2-3-14-13-7-10-4-11(8-13)6-12(5-10)9-13/h10-12,14H,2-9H2,1H3.